The first-order chi connectivity index (χ1) is 10.5. The van der Waals surface area contributed by atoms with E-state index in [-0.39, 0.29) is 0 Å². The molecule has 1 aromatic carbocycles. The maximum absolute atomic E-state index is 11.1. The topological polar surface area (TPSA) is 60.4 Å². The van der Waals surface area contributed by atoms with Gasteiger partial charge in [-0.2, -0.15) is 0 Å². The molecule has 0 fully saturated rings. The molecule has 3 rings (SSSR count). The molecule has 4 nitrogen and oxygen atoms in total. The Hall–Kier alpha value is -2.59. The summed E-state index contributed by atoms with van der Waals surface area (Å²) in [6.07, 6.45) is 4.95. The van der Waals surface area contributed by atoms with Crippen molar-refractivity contribution in [3.63, 3.8) is 0 Å². The lowest BCUT2D eigenvalue weighted by atomic mass is 10.1. The van der Waals surface area contributed by atoms with E-state index in [1.165, 1.54) is 6.08 Å². The molecule has 3 aromatic rings. The second-order valence-electron chi connectivity index (χ2n) is 5.02. The van der Waals surface area contributed by atoms with Crippen molar-refractivity contribution in [2.75, 3.05) is 0 Å². The number of primary amides is 1. The number of rotatable bonds is 3. The second kappa shape index (κ2) is 5.66. The molecule has 2 aromatic heterocycles. The molecule has 22 heavy (non-hydrogen) atoms. The Morgan fingerprint density at radius 3 is 2.68 bits per heavy atom. The molecular formula is C17H14ClN3O. The molecule has 0 aliphatic carbocycles. The van der Waals surface area contributed by atoms with Crippen LogP contribution in [-0.4, -0.2) is 15.3 Å². The number of hydrogen-bond donors (Lipinski definition) is 1. The van der Waals surface area contributed by atoms with E-state index in [0.29, 0.717) is 5.02 Å². The van der Waals surface area contributed by atoms with E-state index < -0.39 is 5.91 Å². The van der Waals surface area contributed by atoms with Crippen LogP contribution in [0.5, 0.6) is 0 Å². The normalized spacial score (nSPS) is 11.4. The highest BCUT2D eigenvalue weighted by atomic mass is 35.5. The fourth-order valence-electron chi connectivity index (χ4n) is 2.31. The third kappa shape index (κ3) is 2.73. The van der Waals surface area contributed by atoms with Crippen LogP contribution in [0, 0.1) is 6.92 Å². The van der Waals surface area contributed by atoms with Gasteiger partial charge in [0.05, 0.1) is 11.4 Å². The Morgan fingerprint density at radius 1 is 1.27 bits per heavy atom. The first kappa shape index (κ1) is 14.4. The number of aromatic nitrogens is 2. The van der Waals surface area contributed by atoms with Crippen LogP contribution in [0.1, 0.15) is 11.3 Å². The van der Waals surface area contributed by atoms with Crippen LogP contribution >= 0.6 is 11.6 Å². The molecule has 0 atom stereocenters. The van der Waals surface area contributed by atoms with Gasteiger partial charge in [-0.25, -0.2) is 4.98 Å². The molecule has 0 radical (unpaired) electrons. The van der Waals surface area contributed by atoms with Crippen molar-refractivity contribution in [1.82, 2.24) is 9.38 Å². The third-order valence-corrected chi connectivity index (χ3v) is 3.59. The van der Waals surface area contributed by atoms with Gasteiger partial charge >= 0.3 is 0 Å². The highest BCUT2D eigenvalue weighted by molar-refractivity contribution is 6.30. The molecule has 110 valence electrons. The Bertz CT molecular complexity index is 879. The number of carbonyl (C=O) groups excluding carboxylic acids is 1. The maximum atomic E-state index is 11.1. The van der Waals surface area contributed by atoms with Crippen molar-refractivity contribution in [2.24, 2.45) is 5.73 Å². The van der Waals surface area contributed by atoms with Crippen molar-refractivity contribution < 1.29 is 4.79 Å². The molecule has 0 aliphatic heterocycles. The summed E-state index contributed by atoms with van der Waals surface area (Å²) in [6.45, 7) is 2.01. The van der Waals surface area contributed by atoms with Crippen molar-refractivity contribution in [2.45, 2.75) is 6.92 Å². The average molecular weight is 312 g/mol. The Labute approximate surface area is 132 Å². The quantitative estimate of drug-likeness (QED) is 0.753. The minimum Gasteiger partial charge on any atom is -0.366 e. The predicted molar refractivity (Wildman–Crippen MR) is 88.6 cm³/mol. The van der Waals surface area contributed by atoms with Crippen LogP contribution in [-0.2, 0) is 4.79 Å². The first-order valence-corrected chi connectivity index (χ1v) is 7.14. The Kier molecular flexibility index (Phi) is 3.69. The van der Waals surface area contributed by atoms with Gasteiger partial charge in [0, 0.05) is 22.9 Å². The molecule has 0 saturated carbocycles. The van der Waals surface area contributed by atoms with Gasteiger partial charge in [0.25, 0.3) is 0 Å². The molecular weight excluding hydrogens is 298 g/mol. The number of aryl methyl sites for hydroxylation is 1. The van der Waals surface area contributed by atoms with Crippen molar-refractivity contribution >= 4 is 29.2 Å². The number of imidazole rings is 1. The molecule has 0 spiro atoms. The van der Waals surface area contributed by atoms with E-state index in [1.807, 2.05) is 53.9 Å². The van der Waals surface area contributed by atoms with Crippen molar-refractivity contribution in [3.8, 4) is 11.3 Å². The Morgan fingerprint density at radius 2 is 2.00 bits per heavy atom. The summed E-state index contributed by atoms with van der Waals surface area (Å²) >= 11 is 5.94. The zero-order valence-corrected chi connectivity index (χ0v) is 12.7. The SMILES string of the molecule is Cc1ccn2c(/C=C/C(N)=O)c(-c3ccc(Cl)cc3)nc2c1. The number of carbonyl (C=O) groups is 1. The summed E-state index contributed by atoms with van der Waals surface area (Å²) in [5.74, 6) is -0.496. The average Bonchev–Trinajstić information content (AvgIpc) is 2.83. The zero-order chi connectivity index (χ0) is 15.7. The van der Waals surface area contributed by atoms with Crippen molar-refractivity contribution in [3.05, 3.63) is 65.0 Å². The monoisotopic (exact) mass is 311 g/mol. The van der Waals surface area contributed by atoms with E-state index >= 15 is 0 Å². The Balaban J connectivity index is 2.25. The summed E-state index contributed by atoms with van der Waals surface area (Å²) in [6, 6.07) is 11.4. The summed E-state index contributed by atoms with van der Waals surface area (Å²) in [4.78, 5) is 15.7. The number of hydrogen-bond acceptors (Lipinski definition) is 2. The lowest BCUT2D eigenvalue weighted by molar-refractivity contribution is -0.113. The van der Waals surface area contributed by atoms with Gasteiger partial charge in [-0.15, -0.1) is 0 Å². The highest BCUT2D eigenvalue weighted by Gasteiger charge is 2.12. The van der Waals surface area contributed by atoms with E-state index in [9.17, 15) is 4.79 Å². The van der Waals surface area contributed by atoms with Crippen molar-refractivity contribution in [1.29, 1.82) is 0 Å². The minimum absolute atomic E-state index is 0.496. The van der Waals surface area contributed by atoms with Gasteiger partial charge in [0.15, 0.2) is 0 Å². The molecule has 0 unspecified atom stereocenters. The molecule has 1 amide bonds. The molecule has 0 aliphatic rings. The molecule has 5 heteroatoms. The van der Waals surface area contributed by atoms with Gasteiger partial charge in [0.1, 0.15) is 5.65 Å². The first-order valence-electron chi connectivity index (χ1n) is 6.77. The highest BCUT2D eigenvalue weighted by Crippen LogP contribution is 2.27. The maximum Gasteiger partial charge on any atom is 0.241 e. The summed E-state index contributed by atoms with van der Waals surface area (Å²) in [7, 11) is 0. The number of fused-ring (bicyclic) bond motifs is 1. The van der Waals surface area contributed by atoms with E-state index in [2.05, 4.69) is 4.98 Å². The minimum atomic E-state index is -0.496. The smallest absolute Gasteiger partial charge is 0.241 e. The largest absolute Gasteiger partial charge is 0.366 e. The number of halogens is 1. The van der Waals surface area contributed by atoms with Crippen LogP contribution in [0.25, 0.3) is 23.0 Å². The van der Waals surface area contributed by atoms with Crippen LogP contribution in [0.4, 0.5) is 0 Å². The fourth-order valence-corrected chi connectivity index (χ4v) is 2.43. The number of pyridine rings is 1. The summed E-state index contributed by atoms with van der Waals surface area (Å²) in [5.41, 5.74) is 9.65. The number of benzene rings is 1. The second-order valence-corrected chi connectivity index (χ2v) is 5.46. The van der Waals surface area contributed by atoms with E-state index in [0.717, 1.165) is 28.2 Å². The van der Waals surface area contributed by atoms with Crippen LogP contribution < -0.4 is 5.73 Å². The van der Waals surface area contributed by atoms with Gasteiger partial charge in [-0.1, -0.05) is 23.7 Å². The summed E-state index contributed by atoms with van der Waals surface area (Å²) in [5, 5.41) is 0.664. The number of amides is 1. The van der Waals surface area contributed by atoms with Crippen LogP contribution in [0.15, 0.2) is 48.7 Å². The summed E-state index contributed by atoms with van der Waals surface area (Å²) < 4.78 is 1.93. The lowest BCUT2D eigenvalue weighted by Crippen LogP contribution is -2.05. The molecule has 0 saturated heterocycles. The van der Waals surface area contributed by atoms with Gasteiger partial charge in [-0.3, -0.25) is 9.20 Å². The standard InChI is InChI=1S/C17H14ClN3O/c1-11-8-9-21-14(6-7-15(19)22)17(20-16(21)10-11)12-2-4-13(18)5-3-12/h2-10H,1H3,(H2,19,22)/b7-6+. The van der Waals surface area contributed by atoms with E-state index in [1.54, 1.807) is 6.08 Å². The van der Waals surface area contributed by atoms with Gasteiger partial charge < -0.3 is 5.73 Å². The number of nitrogens with zero attached hydrogens (tertiary/aromatic N) is 2. The van der Waals surface area contributed by atoms with Crippen LogP contribution in [0.3, 0.4) is 0 Å². The molecule has 0 bridgehead atoms. The third-order valence-electron chi connectivity index (χ3n) is 3.34. The van der Waals surface area contributed by atoms with Gasteiger partial charge in [0.2, 0.25) is 5.91 Å². The van der Waals surface area contributed by atoms with Crippen LogP contribution in [0.2, 0.25) is 5.02 Å². The zero-order valence-electron chi connectivity index (χ0n) is 12.0. The fraction of sp³-hybridized carbons (Fsp3) is 0.0588. The molecule has 2 N–H and O–H groups in total. The predicted octanol–water partition coefficient (Wildman–Crippen LogP) is 3.46. The van der Waals surface area contributed by atoms with Gasteiger partial charge in [-0.05, 0) is 42.8 Å². The molecule has 2 heterocycles. The lowest BCUT2D eigenvalue weighted by Gasteiger charge is -2.01. The number of nitrogens with two attached hydrogens (primary N) is 1. The van der Waals surface area contributed by atoms with E-state index in [4.69, 9.17) is 17.3 Å².